The van der Waals surface area contributed by atoms with E-state index in [0.717, 1.165) is 17.8 Å². The lowest BCUT2D eigenvalue weighted by Crippen LogP contribution is -2.35. The maximum absolute atomic E-state index is 12.1. The van der Waals surface area contributed by atoms with E-state index in [1.807, 2.05) is 20.8 Å². The van der Waals surface area contributed by atoms with Crippen molar-refractivity contribution in [2.45, 2.75) is 58.5 Å². The summed E-state index contributed by atoms with van der Waals surface area (Å²) in [5.41, 5.74) is 6.23. The summed E-state index contributed by atoms with van der Waals surface area (Å²) in [5, 5.41) is 0.762. The Bertz CT molecular complexity index is 451. The van der Waals surface area contributed by atoms with Gasteiger partial charge in [-0.05, 0) is 20.8 Å². The number of hydrogen-bond acceptors (Lipinski definition) is 6. The highest BCUT2D eigenvalue weighted by molar-refractivity contribution is 7.13. The number of nitrogens with zero attached hydrogens (tertiary/aromatic N) is 1. The quantitative estimate of drug-likeness (QED) is 0.860. The first kappa shape index (κ1) is 14.4. The van der Waals surface area contributed by atoms with E-state index in [2.05, 4.69) is 4.98 Å². The van der Waals surface area contributed by atoms with Crippen LogP contribution in [0.3, 0.4) is 0 Å². The molecule has 1 aliphatic rings. The SMILES string of the molecule is Cc1nc(CN)sc1C(=O)OC1CC(C)OC(C)C1. The number of rotatable bonds is 3. The predicted octanol–water partition coefficient (Wildman–Crippen LogP) is 2.02. The van der Waals surface area contributed by atoms with Crippen LogP contribution in [0.25, 0.3) is 0 Å². The monoisotopic (exact) mass is 284 g/mol. The average molecular weight is 284 g/mol. The minimum Gasteiger partial charge on any atom is -0.458 e. The molecule has 0 aliphatic carbocycles. The molecule has 1 saturated heterocycles. The number of esters is 1. The van der Waals surface area contributed by atoms with E-state index < -0.39 is 0 Å². The summed E-state index contributed by atoms with van der Waals surface area (Å²) >= 11 is 1.32. The van der Waals surface area contributed by atoms with Crippen molar-refractivity contribution >= 4 is 17.3 Å². The van der Waals surface area contributed by atoms with Crippen molar-refractivity contribution in [2.75, 3.05) is 0 Å². The first-order chi connectivity index (χ1) is 8.99. The number of ether oxygens (including phenoxy) is 2. The Morgan fingerprint density at radius 3 is 2.63 bits per heavy atom. The van der Waals surface area contributed by atoms with Gasteiger partial charge in [0.2, 0.25) is 0 Å². The smallest absolute Gasteiger partial charge is 0.350 e. The van der Waals surface area contributed by atoms with Gasteiger partial charge in [0.25, 0.3) is 0 Å². The molecule has 2 N–H and O–H groups in total. The molecule has 6 heteroatoms. The molecule has 0 aromatic carbocycles. The van der Waals surface area contributed by atoms with Gasteiger partial charge in [0.15, 0.2) is 0 Å². The van der Waals surface area contributed by atoms with Gasteiger partial charge in [0.05, 0.1) is 17.9 Å². The number of aromatic nitrogens is 1. The van der Waals surface area contributed by atoms with Crippen LogP contribution in [0.4, 0.5) is 0 Å². The summed E-state index contributed by atoms with van der Waals surface area (Å²) in [4.78, 5) is 16.9. The minimum atomic E-state index is -0.291. The van der Waals surface area contributed by atoms with Gasteiger partial charge in [-0.1, -0.05) is 0 Å². The van der Waals surface area contributed by atoms with E-state index >= 15 is 0 Å². The van der Waals surface area contributed by atoms with Crippen LogP contribution in [0.2, 0.25) is 0 Å². The minimum absolute atomic E-state index is 0.0749. The Balaban J connectivity index is 2.02. The van der Waals surface area contributed by atoms with Crippen molar-refractivity contribution in [1.82, 2.24) is 4.98 Å². The normalized spacial score (nSPS) is 27.3. The van der Waals surface area contributed by atoms with Crippen LogP contribution in [0.5, 0.6) is 0 Å². The third-order valence-corrected chi connectivity index (χ3v) is 4.29. The topological polar surface area (TPSA) is 74.4 Å². The zero-order chi connectivity index (χ0) is 14.0. The number of nitrogens with two attached hydrogens (primary N) is 1. The lowest BCUT2D eigenvalue weighted by atomic mass is 10.0. The third kappa shape index (κ3) is 3.52. The summed E-state index contributed by atoms with van der Waals surface area (Å²) in [6.45, 7) is 6.16. The molecule has 1 aliphatic heterocycles. The van der Waals surface area contributed by atoms with Crippen molar-refractivity contribution in [1.29, 1.82) is 0 Å². The molecule has 1 fully saturated rings. The maximum Gasteiger partial charge on any atom is 0.350 e. The molecule has 0 radical (unpaired) electrons. The highest BCUT2D eigenvalue weighted by Crippen LogP contribution is 2.25. The summed E-state index contributed by atoms with van der Waals surface area (Å²) in [5.74, 6) is -0.291. The van der Waals surface area contributed by atoms with Crippen molar-refractivity contribution < 1.29 is 14.3 Å². The average Bonchev–Trinajstić information content (AvgIpc) is 2.69. The molecule has 0 saturated carbocycles. The standard InChI is InChI=1S/C13H20N2O3S/c1-7-4-10(5-8(2)17-7)18-13(16)12-9(3)15-11(6-14)19-12/h7-8,10H,4-6,14H2,1-3H3. The molecule has 0 amide bonds. The van der Waals surface area contributed by atoms with Crippen molar-refractivity contribution in [3.8, 4) is 0 Å². The fourth-order valence-electron chi connectivity index (χ4n) is 2.37. The highest BCUT2D eigenvalue weighted by atomic mass is 32.1. The summed E-state index contributed by atoms with van der Waals surface area (Å²) < 4.78 is 11.2. The zero-order valence-corrected chi connectivity index (χ0v) is 12.3. The lowest BCUT2D eigenvalue weighted by molar-refractivity contribution is -0.0854. The van der Waals surface area contributed by atoms with Gasteiger partial charge in [0.1, 0.15) is 16.0 Å². The summed E-state index contributed by atoms with van der Waals surface area (Å²) in [7, 11) is 0. The Morgan fingerprint density at radius 2 is 2.11 bits per heavy atom. The molecule has 1 aromatic rings. The van der Waals surface area contributed by atoms with Crippen molar-refractivity contribution in [3.05, 3.63) is 15.6 Å². The molecule has 0 bridgehead atoms. The molecule has 2 atom stereocenters. The Kier molecular flexibility index (Phi) is 4.54. The molecule has 5 nitrogen and oxygen atoms in total. The first-order valence-electron chi connectivity index (χ1n) is 6.52. The zero-order valence-electron chi connectivity index (χ0n) is 11.5. The second kappa shape index (κ2) is 5.98. The molecule has 0 spiro atoms. The van der Waals surface area contributed by atoms with Crippen LogP contribution < -0.4 is 5.73 Å². The van der Waals surface area contributed by atoms with Gasteiger partial charge in [-0.3, -0.25) is 0 Å². The van der Waals surface area contributed by atoms with Crippen LogP contribution in [-0.4, -0.2) is 29.3 Å². The van der Waals surface area contributed by atoms with Gasteiger partial charge in [0, 0.05) is 19.4 Å². The van der Waals surface area contributed by atoms with Crippen LogP contribution >= 0.6 is 11.3 Å². The first-order valence-corrected chi connectivity index (χ1v) is 7.34. The molecular weight excluding hydrogens is 264 g/mol. The van der Waals surface area contributed by atoms with Crippen LogP contribution in [0.15, 0.2) is 0 Å². The van der Waals surface area contributed by atoms with Gasteiger partial charge in [-0.25, -0.2) is 9.78 Å². The molecule has 2 rings (SSSR count). The van der Waals surface area contributed by atoms with Crippen LogP contribution in [0.1, 0.15) is 47.1 Å². The van der Waals surface area contributed by atoms with E-state index in [1.165, 1.54) is 11.3 Å². The Hall–Kier alpha value is -0.980. The van der Waals surface area contributed by atoms with E-state index in [9.17, 15) is 4.79 Å². The number of thiazole rings is 1. The van der Waals surface area contributed by atoms with Gasteiger partial charge in [-0.2, -0.15) is 0 Å². The third-order valence-electron chi connectivity index (χ3n) is 3.13. The fraction of sp³-hybridized carbons (Fsp3) is 0.692. The highest BCUT2D eigenvalue weighted by Gasteiger charge is 2.28. The van der Waals surface area contributed by atoms with Gasteiger partial charge in [-0.15, -0.1) is 11.3 Å². The number of hydrogen-bond donors (Lipinski definition) is 1. The van der Waals surface area contributed by atoms with E-state index in [1.54, 1.807) is 0 Å². The van der Waals surface area contributed by atoms with Gasteiger partial charge >= 0.3 is 5.97 Å². The molecule has 2 unspecified atom stereocenters. The van der Waals surface area contributed by atoms with Crippen LogP contribution in [0, 0.1) is 6.92 Å². The van der Waals surface area contributed by atoms with Gasteiger partial charge < -0.3 is 15.2 Å². The second-order valence-corrected chi connectivity index (χ2v) is 6.07. The second-order valence-electron chi connectivity index (χ2n) is 4.98. The maximum atomic E-state index is 12.1. The molecular formula is C13H20N2O3S. The number of carbonyl (C=O) groups is 1. The lowest BCUT2D eigenvalue weighted by Gasteiger charge is -2.31. The van der Waals surface area contributed by atoms with E-state index in [-0.39, 0.29) is 24.3 Å². The molecule has 2 heterocycles. The van der Waals surface area contributed by atoms with Crippen LogP contribution in [-0.2, 0) is 16.0 Å². The van der Waals surface area contributed by atoms with Crippen molar-refractivity contribution in [3.63, 3.8) is 0 Å². The molecule has 19 heavy (non-hydrogen) atoms. The van der Waals surface area contributed by atoms with Crippen molar-refractivity contribution in [2.24, 2.45) is 5.73 Å². The summed E-state index contributed by atoms with van der Waals surface area (Å²) in [6, 6.07) is 0. The predicted molar refractivity (Wildman–Crippen MR) is 73.2 cm³/mol. The fourth-order valence-corrected chi connectivity index (χ4v) is 3.20. The molecule has 1 aromatic heterocycles. The number of aryl methyl sites for hydroxylation is 1. The largest absolute Gasteiger partial charge is 0.458 e. The number of carbonyl (C=O) groups excluding carboxylic acids is 1. The molecule has 106 valence electrons. The Morgan fingerprint density at radius 1 is 1.47 bits per heavy atom. The van der Waals surface area contributed by atoms with E-state index in [0.29, 0.717) is 17.1 Å². The Labute approximate surface area is 117 Å². The van der Waals surface area contributed by atoms with E-state index in [4.69, 9.17) is 15.2 Å². The summed E-state index contributed by atoms with van der Waals surface area (Å²) in [6.07, 6.45) is 1.68.